The number of amides is 1. The number of fused-ring (bicyclic) bond motifs is 1. The summed E-state index contributed by atoms with van der Waals surface area (Å²) in [6, 6.07) is 14.4. The highest BCUT2D eigenvalue weighted by atomic mass is 32.2. The number of carbonyl (C=O) groups excluding carboxylic acids is 1. The lowest BCUT2D eigenvalue weighted by atomic mass is 10.1. The number of carbonyl (C=O) groups is 1. The molecule has 1 amide bonds. The van der Waals surface area contributed by atoms with Gasteiger partial charge in [-0.05, 0) is 49.2 Å². The molecular weight excluding hydrogens is 434 g/mol. The molecule has 2 aliphatic heterocycles. The van der Waals surface area contributed by atoms with Crippen molar-refractivity contribution in [2.75, 3.05) is 64.1 Å². The molecule has 33 heavy (non-hydrogen) atoms. The van der Waals surface area contributed by atoms with Gasteiger partial charge in [0.1, 0.15) is 0 Å². The number of nitrogens with one attached hydrogen (secondary N) is 1. The van der Waals surface area contributed by atoms with E-state index in [4.69, 9.17) is 9.47 Å². The molecule has 1 fully saturated rings. The van der Waals surface area contributed by atoms with Crippen molar-refractivity contribution in [3.63, 3.8) is 0 Å². The number of methoxy groups -OCH3 is 2. The quantitative estimate of drug-likeness (QED) is 0.565. The highest BCUT2D eigenvalue weighted by molar-refractivity contribution is 7.99. The number of benzene rings is 2. The Morgan fingerprint density at radius 2 is 1.79 bits per heavy atom. The lowest BCUT2D eigenvalue weighted by Gasteiger charge is -2.36. The summed E-state index contributed by atoms with van der Waals surface area (Å²) >= 11 is 1.74. The highest BCUT2D eigenvalue weighted by Crippen LogP contribution is 2.32. The van der Waals surface area contributed by atoms with Crippen molar-refractivity contribution in [1.29, 1.82) is 0 Å². The number of ether oxygens (including phenoxy) is 2. The number of hydrogen-bond acceptors (Lipinski definition) is 6. The minimum atomic E-state index is 0.0699. The molecule has 0 aliphatic carbocycles. The van der Waals surface area contributed by atoms with E-state index in [9.17, 15) is 4.79 Å². The third-order valence-corrected chi connectivity index (χ3v) is 7.35. The zero-order chi connectivity index (χ0) is 23.0. The van der Waals surface area contributed by atoms with E-state index in [-0.39, 0.29) is 5.91 Å². The molecule has 1 N–H and O–H groups in total. The van der Waals surface area contributed by atoms with Crippen LogP contribution in [0.3, 0.4) is 0 Å². The van der Waals surface area contributed by atoms with Gasteiger partial charge in [0.15, 0.2) is 11.5 Å². The van der Waals surface area contributed by atoms with Gasteiger partial charge in [-0.25, -0.2) is 0 Å². The Kier molecular flexibility index (Phi) is 8.18. The normalized spacial score (nSPS) is 16.1. The van der Waals surface area contributed by atoms with Gasteiger partial charge in [0.25, 0.3) is 0 Å². The minimum Gasteiger partial charge on any atom is -0.493 e. The Balaban J connectivity index is 1.14. The summed E-state index contributed by atoms with van der Waals surface area (Å²) in [5, 5.41) is 3.10. The van der Waals surface area contributed by atoms with Gasteiger partial charge < -0.3 is 19.7 Å². The van der Waals surface area contributed by atoms with Crippen LogP contribution in [0.4, 0.5) is 5.69 Å². The first-order valence-corrected chi connectivity index (χ1v) is 12.6. The number of anilines is 1. The third kappa shape index (κ3) is 6.03. The Bertz CT molecular complexity index is 986. The van der Waals surface area contributed by atoms with Gasteiger partial charge in [0.2, 0.25) is 5.91 Å². The first-order chi connectivity index (χ1) is 16.2. The fourth-order valence-electron chi connectivity index (χ4n) is 4.27. The van der Waals surface area contributed by atoms with Crippen LogP contribution in [0.2, 0.25) is 0 Å². The monoisotopic (exact) mass is 467 g/mol. The first kappa shape index (κ1) is 23.5. The molecule has 0 saturated carbocycles. The molecule has 0 unspecified atom stereocenters. The predicted octanol–water partition coefficient (Wildman–Crippen LogP) is 3.91. The summed E-state index contributed by atoms with van der Waals surface area (Å²) in [5.41, 5.74) is 3.18. The topological polar surface area (TPSA) is 54.0 Å². The third-order valence-electron chi connectivity index (χ3n) is 6.21. The number of thioether (sulfide) groups is 1. The average molecular weight is 468 g/mol. The van der Waals surface area contributed by atoms with E-state index >= 15 is 0 Å². The van der Waals surface area contributed by atoms with Gasteiger partial charge in [-0.15, -0.1) is 11.8 Å². The van der Waals surface area contributed by atoms with Crippen molar-refractivity contribution in [1.82, 2.24) is 10.2 Å². The molecule has 0 atom stereocenters. The zero-order valence-corrected chi connectivity index (χ0v) is 20.3. The average Bonchev–Trinajstić information content (AvgIpc) is 2.88. The van der Waals surface area contributed by atoms with Crippen molar-refractivity contribution in [3.05, 3.63) is 53.6 Å². The SMILES string of the molecule is COc1ccc(N2CCN(CCCCNC(=O)C3=Cc4ccccc4SC3)CC2)cc1OC. The van der Waals surface area contributed by atoms with E-state index in [1.807, 2.05) is 24.3 Å². The van der Waals surface area contributed by atoms with E-state index in [0.29, 0.717) is 0 Å². The standard InChI is InChI=1S/C26H33N3O3S/c1-31-23-10-9-22(18-24(23)32-2)29-15-13-28(14-16-29)12-6-5-11-27-26(30)21-17-20-7-3-4-8-25(20)33-19-21/h3-4,7-10,17-18H,5-6,11-16,19H2,1-2H3,(H,27,30). The maximum absolute atomic E-state index is 12.5. The van der Waals surface area contributed by atoms with Crippen LogP contribution in [-0.4, -0.2) is 70.0 Å². The Labute approximate surface area is 200 Å². The molecule has 7 heteroatoms. The summed E-state index contributed by atoms with van der Waals surface area (Å²) < 4.78 is 10.8. The second kappa shape index (κ2) is 11.5. The molecule has 6 nitrogen and oxygen atoms in total. The molecule has 0 radical (unpaired) electrons. The second-order valence-electron chi connectivity index (χ2n) is 8.33. The van der Waals surface area contributed by atoms with E-state index < -0.39 is 0 Å². The van der Waals surface area contributed by atoms with Crippen molar-refractivity contribution in [2.45, 2.75) is 17.7 Å². The minimum absolute atomic E-state index is 0.0699. The Morgan fingerprint density at radius 3 is 2.58 bits per heavy atom. The molecule has 4 rings (SSSR count). The Hall–Kier alpha value is -2.64. The highest BCUT2D eigenvalue weighted by Gasteiger charge is 2.19. The molecule has 2 aromatic rings. The molecule has 2 aliphatic rings. The summed E-state index contributed by atoms with van der Waals surface area (Å²) in [7, 11) is 3.33. The van der Waals surface area contributed by atoms with E-state index in [2.05, 4.69) is 39.4 Å². The van der Waals surface area contributed by atoms with Gasteiger partial charge in [0.05, 0.1) is 14.2 Å². The fraction of sp³-hybridized carbons (Fsp3) is 0.423. The summed E-state index contributed by atoms with van der Waals surface area (Å²) in [6.07, 6.45) is 4.12. The number of hydrogen-bond donors (Lipinski definition) is 1. The van der Waals surface area contributed by atoms with Crippen molar-refractivity contribution in [2.24, 2.45) is 0 Å². The smallest absolute Gasteiger partial charge is 0.248 e. The fourth-order valence-corrected chi connectivity index (χ4v) is 5.27. The summed E-state index contributed by atoms with van der Waals surface area (Å²) in [6.45, 7) is 5.89. The largest absolute Gasteiger partial charge is 0.493 e. The van der Waals surface area contributed by atoms with Gasteiger partial charge in [-0.1, -0.05) is 18.2 Å². The lowest BCUT2D eigenvalue weighted by Crippen LogP contribution is -2.46. The van der Waals surface area contributed by atoms with E-state index in [0.717, 1.165) is 80.5 Å². The Morgan fingerprint density at radius 1 is 1.00 bits per heavy atom. The van der Waals surface area contributed by atoms with Crippen LogP contribution in [0.15, 0.2) is 52.9 Å². The van der Waals surface area contributed by atoms with Gasteiger partial charge in [0, 0.05) is 60.7 Å². The van der Waals surface area contributed by atoms with Crippen molar-refractivity contribution >= 4 is 29.4 Å². The second-order valence-corrected chi connectivity index (χ2v) is 9.34. The molecule has 1 saturated heterocycles. The van der Waals surface area contributed by atoms with E-state index in [1.165, 1.54) is 10.6 Å². The van der Waals surface area contributed by atoms with Crippen LogP contribution in [0, 0.1) is 0 Å². The van der Waals surface area contributed by atoms with Crippen LogP contribution >= 0.6 is 11.8 Å². The maximum atomic E-state index is 12.5. The van der Waals surface area contributed by atoms with Gasteiger partial charge >= 0.3 is 0 Å². The van der Waals surface area contributed by atoms with Crippen LogP contribution in [0.25, 0.3) is 6.08 Å². The van der Waals surface area contributed by atoms with Crippen LogP contribution in [0.5, 0.6) is 11.5 Å². The number of piperazine rings is 1. The zero-order valence-electron chi connectivity index (χ0n) is 19.5. The summed E-state index contributed by atoms with van der Waals surface area (Å²) in [4.78, 5) is 18.7. The lowest BCUT2D eigenvalue weighted by molar-refractivity contribution is -0.117. The van der Waals surface area contributed by atoms with Gasteiger partial charge in [-0.2, -0.15) is 0 Å². The maximum Gasteiger partial charge on any atom is 0.248 e. The van der Waals surface area contributed by atoms with E-state index in [1.54, 1.807) is 26.0 Å². The molecular formula is C26H33N3O3S. The van der Waals surface area contributed by atoms with Crippen LogP contribution in [0.1, 0.15) is 18.4 Å². The molecule has 0 spiro atoms. The number of nitrogens with zero attached hydrogens (tertiary/aromatic N) is 2. The first-order valence-electron chi connectivity index (χ1n) is 11.6. The predicted molar refractivity (Wildman–Crippen MR) is 136 cm³/mol. The van der Waals surface area contributed by atoms with Crippen molar-refractivity contribution in [3.8, 4) is 11.5 Å². The number of rotatable bonds is 9. The molecule has 0 aromatic heterocycles. The molecule has 2 aromatic carbocycles. The van der Waals surface area contributed by atoms with Gasteiger partial charge in [-0.3, -0.25) is 9.69 Å². The van der Waals surface area contributed by atoms with Crippen LogP contribution in [-0.2, 0) is 4.79 Å². The number of unbranched alkanes of at least 4 members (excludes halogenated alkanes) is 1. The molecule has 0 bridgehead atoms. The molecule has 176 valence electrons. The van der Waals surface area contributed by atoms with Crippen LogP contribution < -0.4 is 19.7 Å². The molecule has 2 heterocycles. The van der Waals surface area contributed by atoms with Crippen molar-refractivity contribution < 1.29 is 14.3 Å². The summed E-state index contributed by atoms with van der Waals surface area (Å²) in [5.74, 6) is 2.34.